The van der Waals surface area contributed by atoms with Crippen molar-refractivity contribution in [3.63, 3.8) is 0 Å². The molecule has 1 unspecified atom stereocenters. The first-order valence-corrected chi connectivity index (χ1v) is 10.7. The number of anilines is 1. The minimum absolute atomic E-state index is 0.0334. The number of nitrogens with zero attached hydrogens (tertiary/aromatic N) is 1. The van der Waals surface area contributed by atoms with Crippen molar-refractivity contribution in [2.75, 3.05) is 12.0 Å². The first-order chi connectivity index (χ1) is 15.3. The van der Waals surface area contributed by atoms with Crippen LogP contribution in [0.1, 0.15) is 17.2 Å². The predicted molar refractivity (Wildman–Crippen MR) is 125 cm³/mol. The summed E-state index contributed by atoms with van der Waals surface area (Å²) in [6.07, 6.45) is 0. The molecule has 1 atom stereocenters. The van der Waals surface area contributed by atoms with Gasteiger partial charge in [0.05, 0.1) is 23.7 Å². The second-order valence-corrected chi connectivity index (χ2v) is 8.41. The number of hydrogen-bond acceptors (Lipinski definition) is 5. The first kappa shape index (κ1) is 21.9. The monoisotopic (exact) mass is 513 g/mol. The normalized spacial score (nSPS) is 17.6. The summed E-state index contributed by atoms with van der Waals surface area (Å²) in [5, 5.41) is 21.0. The number of amides is 1. The van der Waals surface area contributed by atoms with Crippen LogP contribution in [0.5, 0.6) is 11.5 Å². The molecule has 6 nitrogen and oxygen atoms in total. The van der Waals surface area contributed by atoms with Crippen molar-refractivity contribution in [1.29, 1.82) is 0 Å². The number of halogens is 2. The van der Waals surface area contributed by atoms with Gasteiger partial charge in [-0.3, -0.25) is 14.5 Å². The summed E-state index contributed by atoms with van der Waals surface area (Å²) < 4.78 is 5.98. The lowest BCUT2D eigenvalue weighted by Gasteiger charge is -2.26. The van der Waals surface area contributed by atoms with E-state index in [-0.39, 0.29) is 22.1 Å². The Morgan fingerprint density at radius 2 is 1.69 bits per heavy atom. The van der Waals surface area contributed by atoms with Crippen molar-refractivity contribution in [2.24, 2.45) is 0 Å². The average molecular weight is 515 g/mol. The number of rotatable bonds is 4. The van der Waals surface area contributed by atoms with E-state index in [1.54, 1.807) is 48.5 Å². The molecule has 0 saturated carbocycles. The maximum absolute atomic E-state index is 13.1. The molecule has 0 aliphatic carbocycles. The maximum Gasteiger partial charge on any atom is 0.300 e. The van der Waals surface area contributed by atoms with Gasteiger partial charge in [-0.05, 0) is 48.0 Å². The average Bonchev–Trinajstić information content (AvgIpc) is 3.05. The van der Waals surface area contributed by atoms with Crippen LogP contribution in [-0.4, -0.2) is 29.0 Å². The zero-order chi connectivity index (χ0) is 23.0. The third-order valence-electron chi connectivity index (χ3n) is 5.18. The topological polar surface area (TPSA) is 87.1 Å². The molecule has 1 saturated heterocycles. The van der Waals surface area contributed by atoms with E-state index in [0.717, 1.165) is 4.47 Å². The van der Waals surface area contributed by atoms with Gasteiger partial charge >= 0.3 is 0 Å². The van der Waals surface area contributed by atoms with Gasteiger partial charge < -0.3 is 14.9 Å². The molecule has 2 N–H and O–H groups in total. The molecule has 32 heavy (non-hydrogen) atoms. The molecule has 0 bridgehead atoms. The van der Waals surface area contributed by atoms with Gasteiger partial charge in [0.1, 0.15) is 17.3 Å². The lowest BCUT2D eigenvalue weighted by atomic mass is 9.95. The number of Topliss-reactive ketones (excluding diaryl/α,β-unsaturated/α-hetero) is 1. The lowest BCUT2D eigenvalue weighted by molar-refractivity contribution is -0.132. The smallest absolute Gasteiger partial charge is 0.300 e. The summed E-state index contributed by atoms with van der Waals surface area (Å²) in [5.74, 6) is -1.47. The minimum Gasteiger partial charge on any atom is -0.508 e. The standard InChI is InChI=1S/C24H17BrClNO5/c1-32-19-11-8-16(12-18(19)26)27-21(13-4-9-17(28)10-5-13)20(23(30)24(27)31)22(29)14-2-6-15(25)7-3-14/h2-12,21,28-29H,1H3/b22-20+. The quantitative estimate of drug-likeness (QED) is 0.275. The molecule has 0 spiro atoms. The Hall–Kier alpha value is -3.29. The fourth-order valence-electron chi connectivity index (χ4n) is 3.64. The molecule has 3 aromatic carbocycles. The number of hydrogen-bond donors (Lipinski definition) is 2. The van der Waals surface area contributed by atoms with Crippen molar-refractivity contribution in [1.82, 2.24) is 0 Å². The Bertz CT molecular complexity index is 1240. The number of methoxy groups -OCH3 is 1. The molecule has 0 radical (unpaired) electrons. The Balaban J connectivity index is 1.93. The van der Waals surface area contributed by atoms with Gasteiger partial charge in [0.25, 0.3) is 11.7 Å². The van der Waals surface area contributed by atoms with Crippen LogP contribution in [0.3, 0.4) is 0 Å². The number of phenolic OH excluding ortho intramolecular Hbond substituents is 1. The molecular formula is C24H17BrClNO5. The molecule has 4 rings (SSSR count). The van der Waals surface area contributed by atoms with Gasteiger partial charge in [0, 0.05) is 15.7 Å². The predicted octanol–water partition coefficient (Wildman–Crippen LogP) is 5.44. The second-order valence-electron chi connectivity index (χ2n) is 7.09. The fourth-order valence-corrected chi connectivity index (χ4v) is 4.16. The van der Waals surface area contributed by atoms with Crippen molar-refractivity contribution >= 4 is 50.7 Å². The summed E-state index contributed by atoms with van der Waals surface area (Å²) in [6.45, 7) is 0. The Kier molecular flexibility index (Phi) is 5.95. The Morgan fingerprint density at radius 3 is 2.28 bits per heavy atom. The number of aromatic hydroxyl groups is 1. The molecular weight excluding hydrogens is 498 g/mol. The Morgan fingerprint density at radius 1 is 1.03 bits per heavy atom. The zero-order valence-corrected chi connectivity index (χ0v) is 19.1. The summed E-state index contributed by atoms with van der Waals surface area (Å²) in [7, 11) is 1.47. The number of carbonyl (C=O) groups excluding carboxylic acids is 2. The van der Waals surface area contributed by atoms with Gasteiger partial charge in [0.15, 0.2) is 0 Å². The van der Waals surface area contributed by atoms with E-state index in [4.69, 9.17) is 16.3 Å². The minimum atomic E-state index is -0.927. The third-order valence-corrected chi connectivity index (χ3v) is 6.01. The number of ether oxygens (including phenoxy) is 1. The van der Waals surface area contributed by atoms with Gasteiger partial charge in [0.2, 0.25) is 0 Å². The highest BCUT2D eigenvalue weighted by Gasteiger charge is 2.47. The molecule has 1 fully saturated rings. The number of phenols is 1. The highest BCUT2D eigenvalue weighted by atomic mass is 79.9. The van der Waals surface area contributed by atoms with Crippen LogP contribution in [0, 0.1) is 0 Å². The van der Waals surface area contributed by atoms with Crippen LogP contribution >= 0.6 is 27.5 Å². The maximum atomic E-state index is 13.1. The highest BCUT2D eigenvalue weighted by Crippen LogP contribution is 2.43. The number of carbonyl (C=O) groups is 2. The zero-order valence-electron chi connectivity index (χ0n) is 16.8. The van der Waals surface area contributed by atoms with Gasteiger partial charge in [-0.25, -0.2) is 0 Å². The summed E-state index contributed by atoms with van der Waals surface area (Å²) in [4.78, 5) is 27.5. The Labute approximate surface area is 197 Å². The molecule has 1 aliphatic rings. The summed E-state index contributed by atoms with van der Waals surface area (Å²) in [6, 6.07) is 16.7. The van der Waals surface area contributed by atoms with E-state index in [2.05, 4.69) is 15.9 Å². The fraction of sp³-hybridized carbons (Fsp3) is 0.0833. The van der Waals surface area contributed by atoms with Crippen molar-refractivity contribution in [2.45, 2.75) is 6.04 Å². The first-order valence-electron chi connectivity index (χ1n) is 9.51. The van der Waals surface area contributed by atoms with E-state index >= 15 is 0 Å². The van der Waals surface area contributed by atoms with E-state index in [0.29, 0.717) is 22.6 Å². The van der Waals surface area contributed by atoms with Crippen LogP contribution in [-0.2, 0) is 9.59 Å². The molecule has 1 aliphatic heterocycles. The number of benzene rings is 3. The highest BCUT2D eigenvalue weighted by molar-refractivity contribution is 9.10. The van der Waals surface area contributed by atoms with E-state index in [1.165, 1.54) is 30.2 Å². The molecule has 1 amide bonds. The summed E-state index contributed by atoms with van der Waals surface area (Å²) in [5.41, 5.74) is 1.23. The number of aliphatic hydroxyl groups is 1. The molecule has 1 heterocycles. The molecule has 162 valence electrons. The second kappa shape index (κ2) is 8.68. The van der Waals surface area contributed by atoms with Crippen molar-refractivity contribution in [3.8, 4) is 11.5 Å². The SMILES string of the molecule is COc1ccc(N2C(=O)C(=O)/C(=C(/O)c3ccc(Br)cc3)C2c2ccc(O)cc2)cc1Cl. The van der Waals surface area contributed by atoms with Gasteiger partial charge in [-0.2, -0.15) is 0 Å². The lowest BCUT2D eigenvalue weighted by Crippen LogP contribution is -2.29. The number of ketones is 1. The largest absolute Gasteiger partial charge is 0.508 e. The molecule has 0 aromatic heterocycles. The van der Waals surface area contributed by atoms with Gasteiger partial charge in [-0.15, -0.1) is 0 Å². The van der Waals surface area contributed by atoms with Crippen molar-refractivity contribution < 1.29 is 24.5 Å². The third kappa shape index (κ3) is 3.85. The molecule has 3 aromatic rings. The van der Waals surface area contributed by atoms with Crippen LogP contribution in [0.2, 0.25) is 5.02 Å². The van der Waals surface area contributed by atoms with E-state index in [1.807, 2.05) is 0 Å². The van der Waals surface area contributed by atoms with Crippen molar-refractivity contribution in [3.05, 3.63) is 92.9 Å². The van der Waals surface area contributed by atoms with Crippen LogP contribution in [0.25, 0.3) is 5.76 Å². The van der Waals surface area contributed by atoms with Crippen LogP contribution in [0.4, 0.5) is 5.69 Å². The van der Waals surface area contributed by atoms with Crippen LogP contribution < -0.4 is 9.64 Å². The van der Waals surface area contributed by atoms with Crippen LogP contribution in [0.15, 0.2) is 76.8 Å². The summed E-state index contributed by atoms with van der Waals surface area (Å²) >= 11 is 9.61. The van der Waals surface area contributed by atoms with E-state index < -0.39 is 17.7 Å². The number of aliphatic hydroxyl groups excluding tert-OH is 1. The van der Waals surface area contributed by atoms with E-state index in [9.17, 15) is 19.8 Å². The van der Waals surface area contributed by atoms with Gasteiger partial charge in [-0.1, -0.05) is 51.8 Å². The molecule has 8 heteroatoms.